The van der Waals surface area contributed by atoms with Crippen molar-refractivity contribution < 1.29 is 4.79 Å². The summed E-state index contributed by atoms with van der Waals surface area (Å²) in [5.74, 6) is 0. The Hall–Kier alpha value is -1.32. The minimum absolute atomic E-state index is 0.0778. The SMILES string of the molecule is CC1(C)CC(NC(=O)n2ccnc2)CC(C)(C)C1. The number of hydrogen-bond acceptors (Lipinski definition) is 2. The lowest BCUT2D eigenvalue weighted by molar-refractivity contribution is 0.0884. The molecule has 1 fully saturated rings. The first-order chi connectivity index (χ1) is 8.27. The third-order valence-corrected chi connectivity index (χ3v) is 3.62. The minimum atomic E-state index is -0.0778. The molecule has 1 aromatic heterocycles. The summed E-state index contributed by atoms with van der Waals surface area (Å²) in [6.07, 6.45) is 8.11. The van der Waals surface area contributed by atoms with Gasteiger partial charge in [0, 0.05) is 18.4 Å². The summed E-state index contributed by atoms with van der Waals surface area (Å²) in [5, 5.41) is 3.12. The predicted octanol–water partition coefficient (Wildman–Crippen LogP) is 3.05. The fourth-order valence-corrected chi connectivity index (χ4v) is 3.58. The highest BCUT2D eigenvalue weighted by Gasteiger charge is 2.38. The van der Waals surface area contributed by atoms with Crippen LogP contribution in [0.1, 0.15) is 47.0 Å². The van der Waals surface area contributed by atoms with Crippen LogP contribution in [0, 0.1) is 10.8 Å². The highest BCUT2D eigenvalue weighted by atomic mass is 16.2. The van der Waals surface area contributed by atoms with Gasteiger partial charge in [-0.15, -0.1) is 0 Å². The number of carbonyl (C=O) groups is 1. The molecule has 0 saturated heterocycles. The van der Waals surface area contributed by atoms with Gasteiger partial charge in [0.15, 0.2) is 0 Å². The zero-order valence-electron chi connectivity index (χ0n) is 11.7. The van der Waals surface area contributed by atoms with Gasteiger partial charge < -0.3 is 5.32 Å². The quantitative estimate of drug-likeness (QED) is 0.831. The van der Waals surface area contributed by atoms with E-state index in [1.807, 2.05) is 0 Å². The van der Waals surface area contributed by atoms with E-state index < -0.39 is 0 Å². The third-order valence-electron chi connectivity index (χ3n) is 3.62. The van der Waals surface area contributed by atoms with Crippen molar-refractivity contribution in [2.24, 2.45) is 10.8 Å². The Morgan fingerprint density at radius 1 is 1.28 bits per heavy atom. The number of nitrogens with zero attached hydrogens (tertiary/aromatic N) is 2. The summed E-state index contributed by atoms with van der Waals surface area (Å²) >= 11 is 0. The van der Waals surface area contributed by atoms with Crippen molar-refractivity contribution in [2.45, 2.75) is 53.0 Å². The van der Waals surface area contributed by atoms with E-state index in [9.17, 15) is 4.79 Å². The first-order valence-corrected chi connectivity index (χ1v) is 6.56. The largest absolute Gasteiger partial charge is 0.335 e. The maximum absolute atomic E-state index is 12.0. The molecule has 2 rings (SSSR count). The van der Waals surface area contributed by atoms with Crippen LogP contribution in [0.4, 0.5) is 4.79 Å². The molecule has 0 bridgehead atoms. The van der Waals surface area contributed by atoms with Gasteiger partial charge in [0.2, 0.25) is 0 Å². The zero-order chi connectivity index (χ0) is 13.4. The molecule has 0 aliphatic heterocycles. The Morgan fingerprint density at radius 3 is 2.39 bits per heavy atom. The summed E-state index contributed by atoms with van der Waals surface area (Å²) in [6.45, 7) is 9.13. The summed E-state index contributed by atoms with van der Waals surface area (Å²) < 4.78 is 1.49. The number of amides is 1. The monoisotopic (exact) mass is 249 g/mol. The molecule has 1 amide bonds. The average molecular weight is 249 g/mol. The van der Waals surface area contributed by atoms with Gasteiger partial charge in [-0.05, 0) is 30.1 Å². The Labute approximate surface area is 109 Å². The van der Waals surface area contributed by atoms with Crippen LogP contribution in [-0.4, -0.2) is 21.6 Å². The highest BCUT2D eigenvalue weighted by Crippen LogP contribution is 2.45. The van der Waals surface area contributed by atoms with Gasteiger partial charge in [0.25, 0.3) is 0 Å². The number of carbonyl (C=O) groups excluding carboxylic acids is 1. The van der Waals surface area contributed by atoms with Gasteiger partial charge in [0.1, 0.15) is 6.33 Å². The van der Waals surface area contributed by atoms with Gasteiger partial charge in [-0.2, -0.15) is 0 Å². The van der Waals surface area contributed by atoms with Crippen LogP contribution in [0.25, 0.3) is 0 Å². The van der Waals surface area contributed by atoms with Gasteiger partial charge in [-0.3, -0.25) is 4.57 Å². The second kappa shape index (κ2) is 4.41. The maximum Gasteiger partial charge on any atom is 0.327 e. The van der Waals surface area contributed by atoms with Gasteiger partial charge in [-0.1, -0.05) is 27.7 Å². The third kappa shape index (κ3) is 3.12. The smallest absolute Gasteiger partial charge is 0.327 e. The number of imidazole rings is 1. The summed E-state index contributed by atoms with van der Waals surface area (Å²) in [4.78, 5) is 15.9. The van der Waals surface area contributed by atoms with E-state index in [0.717, 1.165) is 12.8 Å². The first kappa shape index (κ1) is 13.1. The normalized spacial score (nSPS) is 22.7. The molecular weight excluding hydrogens is 226 g/mol. The van der Waals surface area contributed by atoms with Crippen molar-refractivity contribution in [3.63, 3.8) is 0 Å². The molecule has 1 heterocycles. The molecular formula is C14H23N3O. The van der Waals surface area contributed by atoms with E-state index in [2.05, 4.69) is 38.0 Å². The van der Waals surface area contributed by atoms with E-state index in [4.69, 9.17) is 0 Å². The fourth-order valence-electron chi connectivity index (χ4n) is 3.58. The van der Waals surface area contributed by atoms with Crippen molar-refractivity contribution in [1.29, 1.82) is 0 Å². The van der Waals surface area contributed by atoms with Crippen molar-refractivity contribution in [2.75, 3.05) is 0 Å². The Kier molecular flexibility index (Phi) is 3.21. The number of hydrogen-bond donors (Lipinski definition) is 1. The maximum atomic E-state index is 12.0. The van der Waals surface area contributed by atoms with Crippen LogP contribution in [0.5, 0.6) is 0 Å². The Morgan fingerprint density at radius 2 is 1.89 bits per heavy atom. The van der Waals surface area contributed by atoms with Gasteiger partial charge in [-0.25, -0.2) is 9.78 Å². The van der Waals surface area contributed by atoms with Crippen molar-refractivity contribution in [1.82, 2.24) is 14.9 Å². The molecule has 100 valence electrons. The fraction of sp³-hybridized carbons (Fsp3) is 0.714. The lowest BCUT2D eigenvalue weighted by Gasteiger charge is -2.45. The summed E-state index contributed by atoms with van der Waals surface area (Å²) in [5.41, 5.74) is 0.573. The van der Waals surface area contributed by atoms with Crippen LogP contribution >= 0.6 is 0 Å². The molecule has 1 saturated carbocycles. The standard InChI is InChI=1S/C14H23N3O/c1-13(2)7-11(8-14(3,4)9-13)16-12(18)17-6-5-15-10-17/h5-6,10-11H,7-9H2,1-4H3,(H,16,18). The van der Waals surface area contributed by atoms with Gasteiger partial charge >= 0.3 is 6.03 Å². The second-order valence-electron chi connectivity index (χ2n) is 7.03. The molecule has 1 aliphatic carbocycles. The molecule has 0 unspecified atom stereocenters. The lowest BCUT2D eigenvalue weighted by atomic mass is 9.63. The highest BCUT2D eigenvalue weighted by molar-refractivity contribution is 5.76. The molecule has 0 radical (unpaired) electrons. The predicted molar refractivity (Wildman–Crippen MR) is 71.4 cm³/mol. The van der Waals surface area contributed by atoms with Crippen molar-refractivity contribution >= 4 is 6.03 Å². The summed E-state index contributed by atoms with van der Waals surface area (Å²) in [6, 6.07) is 0.171. The molecule has 0 aromatic carbocycles. The van der Waals surface area contributed by atoms with Crippen LogP contribution in [0.2, 0.25) is 0 Å². The average Bonchev–Trinajstić information content (AvgIpc) is 2.63. The number of aromatic nitrogens is 2. The number of nitrogens with one attached hydrogen (secondary N) is 1. The van der Waals surface area contributed by atoms with Crippen LogP contribution in [0.15, 0.2) is 18.7 Å². The van der Waals surface area contributed by atoms with Crippen molar-refractivity contribution in [3.05, 3.63) is 18.7 Å². The molecule has 0 atom stereocenters. The van der Waals surface area contributed by atoms with E-state index in [-0.39, 0.29) is 22.9 Å². The van der Waals surface area contributed by atoms with Crippen LogP contribution < -0.4 is 5.32 Å². The van der Waals surface area contributed by atoms with Crippen LogP contribution in [-0.2, 0) is 0 Å². The molecule has 4 nitrogen and oxygen atoms in total. The molecule has 18 heavy (non-hydrogen) atoms. The zero-order valence-corrected chi connectivity index (χ0v) is 11.7. The molecule has 4 heteroatoms. The van der Waals surface area contributed by atoms with Gasteiger partial charge in [0.05, 0.1) is 0 Å². The van der Waals surface area contributed by atoms with E-state index >= 15 is 0 Å². The minimum Gasteiger partial charge on any atom is -0.335 e. The lowest BCUT2D eigenvalue weighted by Crippen LogP contribution is -2.47. The second-order valence-corrected chi connectivity index (χ2v) is 7.03. The molecule has 1 aliphatic rings. The Balaban J connectivity index is 2.03. The Bertz CT molecular complexity index is 404. The van der Waals surface area contributed by atoms with E-state index in [1.54, 1.807) is 12.4 Å². The molecule has 1 N–H and O–H groups in total. The molecule has 1 aromatic rings. The van der Waals surface area contributed by atoms with Crippen LogP contribution in [0.3, 0.4) is 0 Å². The van der Waals surface area contributed by atoms with E-state index in [1.165, 1.54) is 17.3 Å². The topological polar surface area (TPSA) is 46.9 Å². The first-order valence-electron chi connectivity index (χ1n) is 6.56. The van der Waals surface area contributed by atoms with Crippen molar-refractivity contribution in [3.8, 4) is 0 Å². The molecule has 0 spiro atoms. The summed E-state index contributed by atoms with van der Waals surface area (Å²) in [7, 11) is 0. The van der Waals surface area contributed by atoms with E-state index in [0.29, 0.717) is 0 Å². The number of rotatable bonds is 1.